The van der Waals surface area contributed by atoms with Crippen molar-refractivity contribution in [1.29, 1.82) is 0 Å². The summed E-state index contributed by atoms with van der Waals surface area (Å²) in [5.41, 5.74) is 1.44. The fourth-order valence-electron chi connectivity index (χ4n) is 0.908. The summed E-state index contributed by atoms with van der Waals surface area (Å²) in [7, 11) is 2.08. The van der Waals surface area contributed by atoms with E-state index in [0.29, 0.717) is 0 Å². The Kier molecular flexibility index (Phi) is 3.00. The highest BCUT2D eigenvalue weighted by Crippen LogP contribution is 2.10. The van der Waals surface area contributed by atoms with Gasteiger partial charge in [0.25, 0.3) is 0 Å². The zero-order valence-corrected chi connectivity index (χ0v) is 7.76. The predicted molar refractivity (Wildman–Crippen MR) is 48.3 cm³/mol. The number of likely N-dealkylation sites (N-methyl/N-ethyl adjacent to an activating group) is 1. The third kappa shape index (κ3) is 2.18. The average Bonchev–Trinajstić information content (AvgIpc) is 1.95. The molecule has 0 unspecified atom stereocenters. The van der Waals surface area contributed by atoms with Crippen molar-refractivity contribution in [2.75, 3.05) is 18.9 Å². The number of rotatable bonds is 2. The lowest BCUT2D eigenvalue weighted by Crippen LogP contribution is -2.13. The standard InChI is InChI=1S/C8H12BrN/c1-10-6-3-8(2-5-9)4-7-10/h3-4,6H,2,5,7H2,1H3. The minimum absolute atomic E-state index is 1.05. The first-order valence-corrected chi connectivity index (χ1v) is 4.58. The van der Waals surface area contributed by atoms with E-state index >= 15 is 0 Å². The molecule has 0 fully saturated rings. The van der Waals surface area contributed by atoms with Gasteiger partial charge >= 0.3 is 0 Å². The average molecular weight is 202 g/mol. The molecule has 2 heteroatoms. The monoisotopic (exact) mass is 201 g/mol. The molecule has 0 aliphatic carbocycles. The maximum absolute atomic E-state index is 3.41. The molecule has 0 amide bonds. The third-order valence-electron chi connectivity index (χ3n) is 1.57. The van der Waals surface area contributed by atoms with E-state index in [0.717, 1.165) is 18.3 Å². The van der Waals surface area contributed by atoms with Crippen LogP contribution in [0.5, 0.6) is 0 Å². The Balaban J connectivity index is 2.42. The van der Waals surface area contributed by atoms with Crippen molar-refractivity contribution in [3.63, 3.8) is 0 Å². The van der Waals surface area contributed by atoms with Gasteiger partial charge in [0.05, 0.1) is 0 Å². The van der Waals surface area contributed by atoms with Crippen LogP contribution >= 0.6 is 15.9 Å². The van der Waals surface area contributed by atoms with E-state index in [1.807, 2.05) is 0 Å². The fourth-order valence-corrected chi connectivity index (χ4v) is 1.37. The highest BCUT2D eigenvalue weighted by molar-refractivity contribution is 9.09. The topological polar surface area (TPSA) is 3.24 Å². The van der Waals surface area contributed by atoms with E-state index in [1.165, 1.54) is 5.57 Å². The summed E-state index contributed by atoms with van der Waals surface area (Å²) in [6, 6.07) is 0. The van der Waals surface area contributed by atoms with Crippen molar-refractivity contribution >= 4 is 15.9 Å². The number of nitrogens with zero attached hydrogens (tertiary/aromatic N) is 1. The van der Waals surface area contributed by atoms with Crippen LogP contribution in [0, 0.1) is 0 Å². The molecule has 0 N–H and O–H groups in total. The van der Waals surface area contributed by atoms with E-state index in [1.54, 1.807) is 0 Å². The summed E-state index contributed by atoms with van der Waals surface area (Å²) in [5.74, 6) is 0. The molecule has 0 saturated carbocycles. The van der Waals surface area contributed by atoms with Gasteiger partial charge in [-0.3, -0.25) is 0 Å². The lowest BCUT2D eigenvalue weighted by Gasteiger charge is -2.16. The van der Waals surface area contributed by atoms with E-state index in [4.69, 9.17) is 0 Å². The normalized spacial score (nSPS) is 17.4. The first-order valence-electron chi connectivity index (χ1n) is 3.46. The second kappa shape index (κ2) is 3.81. The van der Waals surface area contributed by atoms with Gasteiger partial charge in [0.2, 0.25) is 0 Å². The van der Waals surface area contributed by atoms with Crippen molar-refractivity contribution in [3.05, 3.63) is 23.9 Å². The number of alkyl halides is 1. The summed E-state index contributed by atoms with van der Waals surface area (Å²) in [6.07, 6.45) is 7.70. The number of hydrogen-bond acceptors (Lipinski definition) is 1. The van der Waals surface area contributed by atoms with Gasteiger partial charge in [-0.05, 0) is 24.3 Å². The van der Waals surface area contributed by atoms with Crippen molar-refractivity contribution in [2.24, 2.45) is 0 Å². The minimum Gasteiger partial charge on any atom is -0.377 e. The smallest absolute Gasteiger partial charge is 0.0356 e. The van der Waals surface area contributed by atoms with Crippen molar-refractivity contribution in [1.82, 2.24) is 4.90 Å². The molecule has 0 radical (unpaired) electrons. The van der Waals surface area contributed by atoms with Crippen molar-refractivity contribution < 1.29 is 0 Å². The van der Waals surface area contributed by atoms with Crippen LogP contribution in [-0.2, 0) is 0 Å². The zero-order chi connectivity index (χ0) is 7.40. The SMILES string of the molecule is CN1C=CC(CCBr)=CC1. The van der Waals surface area contributed by atoms with Crippen LogP contribution in [0.1, 0.15) is 6.42 Å². The van der Waals surface area contributed by atoms with Gasteiger partial charge < -0.3 is 4.90 Å². The Morgan fingerprint density at radius 1 is 1.70 bits per heavy atom. The molecule has 56 valence electrons. The van der Waals surface area contributed by atoms with Crippen molar-refractivity contribution in [3.8, 4) is 0 Å². The van der Waals surface area contributed by atoms with E-state index in [-0.39, 0.29) is 0 Å². The Hall–Kier alpha value is -0.240. The second-order valence-corrected chi connectivity index (χ2v) is 3.27. The zero-order valence-electron chi connectivity index (χ0n) is 6.18. The van der Waals surface area contributed by atoms with Crippen LogP contribution in [0.3, 0.4) is 0 Å². The molecule has 10 heavy (non-hydrogen) atoms. The van der Waals surface area contributed by atoms with Crippen LogP contribution in [0.15, 0.2) is 23.9 Å². The van der Waals surface area contributed by atoms with Gasteiger partial charge in [-0.2, -0.15) is 0 Å². The first kappa shape index (κ1) is 7.86. The molecule has 1 rings (SSSR count). The van der Waals surface area contributed by atoms with Crippen molar-refractivity contribution in [2.45, 2.75) is 6.42 Å². The number of allylic oxidation sites excluding steroid dienone is 2. The Morgan fingerprint density at radius 2 is 2.50 bits per heavy atom. The van der Waals surface area contributed by atoms with E-state index in [2.05, 4.69) is 46.2 Å². The quantitative estimate of drug-likeness (QED) is 0.620. The van der Waals surface area contributed by atoms with E-state index < -0.39 is 0 Å². The molecule has 1 heterocycles. The molecule has 0 spiro atoms. The number of halogens is 1. The summed E-state index contributed by atoms with van der Waals surface area (Å²) < 4.78 is 0. The van der Waals surface area contributed by atoms with Gasteiger partial charge in [-0.25, -0.2) is 0 Å². The molecule has 0 saturated heterocycles. The van der Waals surface area contributed by atoms with Gasteiger partial charge in [-0.1, -0.05) is 22.0 Å². The summed E-state index contributed by atoms with van der Waals surface area (Å²) in [4.78, 5) is 2.16. The van der Waals surface area contributed by atoms with Gasteiger partial charge in [0.1, 0.15) is 0 Å². The molecular formula is C8H12BrN. The Labute approximate surface area is 70.5 Å². The number of hydrogen-bond donors (Lipinski definition) is 0. The molecule has 0 aromatic heterocycles. The highest BCUT2D eigenvalue weighted by Gasteiger charge is 1.97. The molecule has 1 aliphatic heterocycles. The van der Waals surface area contributed by atoms with Gasteiger partial charge in [0, 0.05) is 18.9 Å². The Bertz CT molecular complexity index is 161. The molecule has 0 aromatic rings. The molecule has 0 bridgehead atoms. The first-order chi connectivity index (χ1) is 4.83. The van der Waals surface area contributed by atoms with Crippen LogP contribution in [0.2, 0.25) is 0 Å². The molecule has 1 aliphatic rings. The maximum Gasteiger partial charge on any atom is 0.0356 e. The summed E-state index contributed by atoms with van der Waals surface area (Å²) >= 11 is 3.41. The fraction of sp³-hybridized carbons (Fsp3) is 0.500. The second-order valence-electron chi connectivity index (χ2n) is 2.47. The van der Waals surface area contributed by atoms with E-state index in [9.17, 15) is 0 Å². The van der Waals surface area contributed by atoms with Gasteiger partial charge in [0.15, 0.2) is 0 Å². The van der Waals surface area contributed by atoms with Gasteiger partial charge in [-0.15, -0.1) is 0 Å². The summed E-state index contributed by atoms with van der Waals surface area (Å²) in [5, 5.41) is 1.06. The van der Waals surface area contributed by atoms with Crippen LogP contribution in [0.25, 0.3) is 0 Å². The molecule has 1 nitrogen and oxygen atoms in total. The molecule has 0 aromatic carbocycles. The largest absolute Gasteiger partial charge is 0.377 e. The van der Waals surface area contributed by atoms with Crippen LogP contribution < -0.4 is 0 Å². The predicted octanol–water partition coefficient (Wildman–Crippen LogP) is 2.16. The maximum atomic E-state index is 3.41. The molecular weight excluding hydrogens is 190 g/mol. The lowest BCUT2D eigenvalue weighted by atomic mass is 10.1. The highest BCUT2D eigenvalue weighted by atomic mass is 79.9. The Morgan fingerprint density at radius 3 is 3.00 bits per heavy atom. The lowest BCUT2D eigenvalue weighted by molar-refractivity contribution is 0.501. The molecule has 0 atom stereocenters. The third-order valence-corrected chi connectivity index (χ3v) is 1.96. The van der Waals surface area contributed by atoms with Crippen LogP contribution in [-0.4, -0.2) is 23.8 Å². The minimum atomic E-state index is 1.05. The van der Waals surface area contributed by atoms with Crippen LogP contribution in [0.4, 0.5) is 0 Å². The summed E-state index contributed by atoms with van der Waals surface area (Å²) in [6.45, 7) is 1.05.